The topological polar surface area (TPSA) is 44.5 Å². The molecule has 0 bridgehead atoms. The lowest BCUT2D eigenvalue weighted by Gasteiger charge is -2.12. The van der Waals surface area contributed by atoms with E-state index in [-0.39, 0.29) is 12.3 Å². The maximum absolute atomic E-state index is 5.54. The standard InChI is InChI=1S/C9H19NO2/c1-4-11-9(12-5-2)7-6-8(3)10/h6-9H,4-5,10H2,1-3H3/b7-6+. The Morgan fingerprint density at radius 3 is 2.00 bits per heavy atom. The van der Waals surface area contributed by atoms with Crippen molar-refractivity contribution in [3.63, 3.8) is 0 Å². The van der Waals surface area contributed by atoms with Gasteiger partial charge in [-0.3, -0.25) is 0 Å². The van der Waals surface area contributed by atoms with Crippen molar-refractivity contribution >= 4 is 0 Å². The second kappa shape index (κ2) is 7.28. The summed E-state index contributed by atoms with van der Waals surface area (Å²) in [4.78, 5) is 0. The highest BCUT2D eigenvalue weighted by Gasteiger charge is 2.01. The van der Waals surface area contributed by atoms with Crippen LogP contribution in [0, 0.1) is 0 Å². The first-order chi connectivity index (χ1) is 5.70. The van der Waals surface area contributed by atoms with E-state index >= 15 is 0 Å². The summed E-state index contributed by atoms with van der Waals surface area (Å²) >= 11 is 0. The van der Waals surface area contributed by atoms with Gasteiger partial charge in [0, 0.05) is 19.3 Å². The van der Waals surface area contributed by atoms with Gasteiger partial charge in [-0.2, -0.15) is 0 Å². The Balaban J connectivity index is 3.76. The minimum Gasteiger partial charge on any atom is -0.349 e. The lowest BCUT2D eigenvalue weighted by molar-refractivity contribution is -0.104. The van der Waals surface area contributed by atoms with Crippen molar-refractivity contribution in [2.75, 3.05) is 13.2 Å². The van der Waals surface area contributed by atoms with Gasteiger partial charge in [0.2, 0.25) is 0 Å². The molecule has 1 unspecified atom stereocenters. The molecule has 0 aromatic carbocycles. The summed E-state index contributed by atoms with van der Waals surface area (Å²) < 4.78 is 10.5. The Hall–Kier alpha value is -0.380. The summed E-state index contributed by atoms with van der Waals surface area (Å²) in [6.07, 6.45) is 3.47. The van der Waals surface area contributed by atoms with Crippen molar-refractivity contribution in [3.8, 4) is 0 Å². The zero-order valence-electron chi connectivity index (χ0n) is 8.12. The Morgan fingerprint density at radius 1 is 1.17 bits per heavy atom. The number of rotatable bonds is 6. The van der Waals surface area contributed by atoms with Crippen LogP contribution in [0.5, 0.6) is 0 Å². The quantitative estimate of drug-likeness (QED) is 0.486. The van der Waals surface area contributed by atoms with E-state index < -0.39 is 0 Å². The van der Waals surface area contributed by atoms with Crippen molar-refractivity contribution in [2.45, 2.75) is 33.1 Å². The van der Waals surface area contributed by atoms with Gasteiger partial charge in [-0.25, -0.2) is 0 Å². The minimum atomic E-state index is -0.244. The molecule has 2 N–H and O–H groups in total. The van der Waals surface area contributed by atoms with Crippen LogP contribution in [0.15, 0.2) is 12.2 Å². The Bertz CT molecular complexity index is 118. The lowest BCUT2D eigenvalue weighted by atomic mass is 10.3. The van der Waals surface area contributed by atoms with Crippen LogP contribution in [-0.4, -0.2) is 25.5 Å². The molecule has 0 radical (unpaired) electrons. The van der Waals surface area contributed by atoms with E-state index in [1.807, 2.05) is 32.9 Å². The summed E-state index contributed by atoms with van der Waals surface area (Å²) in [5.74, 6) is 0. The summed E-state index contributed by atoms with van der Waals surface area (Å²) in [5.41, 5.74) is 5.54. The van der Waals surface area contributed by atoms with Gasteiger partial charge in [-0.1, -0.05) is 6.08 Å². The maximum Gasteiger partial charge on any atom is 0.176 e. The van der Waals surface area contributed by atoms with Gasteiger partial charge >= 0.3 is 0 Å². The molecule has 0 saturated carbocycles. The van der Waals surface area contributed by atoms with Crippen molar-refractivity contribution < 1.29 is 9.47 Å². The van der Waals surface area contributed by atoms with Crippen LogP contribution in [0.3, 0.4) is 0 Å². The smallest absolute Gasteiger partial charge is 0.176 e. The second-order valence-corrected chi connectivity index (χ2v) is 2.52. The van der Waals surface area contributed by atoms with Crippen LogP contribution in [0.25, 0.3) is 0 Å². The molecule has 1 atom stereocenters. The molecule has 0 amide bonds. The third-order valence-corrected chi connectivity index (χ3v) is 1.23. The fourth-order valence-electron chi connectivity index (χ4n) is 0.754. The first kappa shape index (κ1) is 11.6. The van der Waals surface area contributed by atoms with Gasteiger partial charge in [0.15, 0.2) is 6.29 Å². The normalized spacial score (nSPS) is 14.4. The zero-order valence-corrected chi connectivity index (χ0v) is 8.12. The summed E-state index contributed by atoms with van der Waals surface area (Å²) in [6.45, 7) is 7.07. The molecule has 0 spiro atoms. The van der Waals surface area contributed by atoms with Crippen LogP contribution < -0.4 is 5.73 Å². The average molecular weight is 173 g/mol. The van der Waals surface area contributed by atoms with Crippen molar-refractivity contribution in [1.29, 1.82) is 0 Å². The molecule has 72 valence electrons. The first-order valence-corrected chi connectivity index (χ1v) is 4.37. The number of hydrogen-bond donors (Lipinski definition) is 1. The van der Waals surface area contributed by atoms with Crippen molar-refractivity contribution in [3.05, 3.63) is 12.2 Å². The summed E-state index contributed by atoms with van der Waals surface area (Å²) in [6, 6.07) is 0.0495. The van der Waals surface area contributed by atoms with Crippen LogP contribution in [0.4, 0.5) is 0 Å². The summed E-state index contributed by atoms with van der Waals surface area (Å²) in [7, 11) is 0. The largest absolute Gasteiger partial charge is 0.349 e. The van der Waals surface area contributed by atoms with Gasteiger partial charge < -0.3 is 15.2 Å². The fraction of sp³-hybridized carbons (Fsp3) is 0.778. The molecular formula is C9H19NO2. The highest BCUT2D eigenvalue weighted by Crippen LogP contribution is 1.97. The zero-order chi connectivity index (χ0) is 9.40. The molecule has 3 heteroatoms. The Kier molecular flexibility index (Phi) is 7.05. The molecule has 0 fully saturated rings. The molecule has 0 aliphatic carbocycles. The molecule has 12 heavy (non-hydrogen) atoms. The molecule has 0 aliphatic heterocycles. The molecule has 0 rings (SSSR count). The third kappa shape index (κ3) is 6.34. The monoisotopic (exact) mass is 173 g/mol. The van der Waals surface area contributed by atoms with E-state index in [4.69, 9.17) is 15.2 Å². The number of hydrogen-bond acceptors (Lipinski definition) is 3. The molecule has 0 saturated heterocycles. The maximum atomic E-state index is 5.54. The van der Waals surface area contributed by atoms with E-state index in [1.54, 1.807) is 0 Å². The van der Waals surface area contributed by atoms with Gasteiger partial charge in [0.1, 0.15) is 0 Å². The van der Waals surface area contributed by atoms with E-state index in [9.17, 15) is 0 Å². The first-order valence-electron chi connectivity index (χ1n) is 4.37. The molecule has 0 aromatic rings. The number of ether oxygens (including phenoxy) is 2. The fourth-order valence-corrected chi connectivity index (χ4v) is 0.754. The van der Waals surface area contributed by atoms with Gasteiger partial charge in [0.05, 0.1) is 0 Å². The molecule has 0 heterocycles. The van der Waals surface area contributed by atoms with Crippen LogP contribution in [-0.2, 0) is 9.47 Å². The molecule has 0 aromatic heterocycles. The summed E-state index contributed by atoms with van der Waals surface area (Å²) in [5, 5.41) is 0. The third-order valence-electron chi connectivity index (χ3n) is 1.23. The van der Waals surface area contributed by atoms with Crippen LogP contribution >= 0.6 is 0 Å². The average Bonchev–Trinajstić information content (AvgIpc) is 2.01. The predicted molar refractivity (Wildman–Crippen MR) is 49.8 cm³/mol. The van der Waals surface area contributed by atoms with Crippen LogP contribution in [0.1, 0.15) is 20.8 Å². The highest BCUT2D eigenvalue weighted by atomic mass is 16.7. The minimum absolute atomic E-state index is 0.0495. The predicted octanol–water partition coefficient (Wildman–Crippen LogP) is 1.29. The van der Waals surface area contributed by atoms with E-state index in [0.29, 0.717) is 13.2 Å². The van der Waals surface area contributed by atoms with Crippen molar-refractivity contribution in [2.24, 2.45) is 5.73 Å². The Labute approximate surface area is 74.5 Å². The van der Waals surface area contributed by atoms with E-state index in [1.165, 1.54) is 0 Å². The highest BCUT2D eigenvalue weighted by molar-refractivity contribution is 4.91. The van der Waals surface area contributed by atoms with Crippen LogP contribution in [0.2, 0.25) is 0 Å². The van der Waals surface area contributed by atoms with Crippen molar-refractivity contribution in [1.82, 2.24) is 0 Å². The number of nitrogens with two attached hydrogens (primary N) is 1. The van der Waals surface area contributed by atoms with E-state index in [0.717, 1.165) is 0 Å². The second-order valence-electron chi connectivity index (χ2n) is 2.52. The lowest BCUT2D eigenvalue weighted by Crippen LogP contribution is -2.17. The van der Waals surface area contributed by atoms with Gasteiger partial charge in [-0.05, 0) is 26.8 Å². The molecule has 3 nitrogen and oxygen atoms in total. The molecular weight excluding hydrogens is 154 g/mol. The van der Waals surface area contributed by atoms with Gasteiger partial charge in [-0.15, -0.1) is 0 Å². The van der Waals surface area contributed by atoms with E-state index in [2.05, 4.69) is 0 Å². The SMILES string of the molecule is CCOC(/C=C/C(C)N)OCC. The molecule has 0 aliphatic rings. The van der Waals surface area contributed by atoms with Gasteiger partial charge in [0.25, 0.3) is 0 Å². The Morgan fingerprint density at radius 2 is 1.67 bits per heavy atom.